The zero-order valence-corrected chi connectivity index (χ0v) is 17.6. The maximum Gasteiger partial charge on any atom is 0.419 e. The Morgan fingerprint density at radius 2 is 1.71 bits per heavy atom. The lowest BCUT2D eigenvalue weighted by Crippen LogP contribution is -2.15. The van der Waals surface area contributed by atoms with E-state index in [1.54, 1.807) is 43.3 Å². The molecule has 0 aromatic carbocycles. The number of nitriles is 2. The standard InChI is InChI=1S/C9H5N3O2.C7H4N2O3.C5H7NO2/c10-4-5-8(13)7-6(12-9(5)14)2-1-3-11-7;10-6-5-4(2-1-3-8-5)9-7(11)12-6;1-2-8-5(7)3-4-6/h1-3H,(H2,12,13,14);1-3H,(H,9,11);2-3H2,1H3. The molecule has 0 saturated carbocycles. The van der Waals surface area contributed by atoms with Gasteiger partial charge in [0.1, 0.15) is 18.0 Å². The van der Waals surface area contributed by atoms with Crippen LogP contribution in [0.15, 0.2) is 55.5 Å². The molecule has 172 valence electrons. The number of fused-ring (bicyclic) bond motifs is 2. The van der Waals surface area contributed by atoms with Gasteiger partial charge in [-0.15, -0.1) is 0 Å². The smallest absolute Gasteiger partial charge is 0.419 e. The molecule has 0 spiro atoms. The average molecular weight is 464 g/mol. The van der Waals surface area contributed by atoms with E-state index in [2.05, 4.69) is 29.1 Å². The number of rotatable bonds is 2. The van der Waals surface area contributed by atoms with Crippen molar-refractivity contribution < 1.29 is 19.1 Å². The van der Waals surface area contributed by atoms with Crippen LogP contribution in [0.25, 0.3) is 22.1 Å². The van der Waals surface area contributed by atoms with Gasteiger partial charge in [-0.25, -0.2) is 14.6 Å². The van der Waals surface area contributed by atoms with Crippen LogP contribution in [0, 0.1) is 22.7 Å². The molecule has 0 fully saturated rings. The van der Waals surface area contributed by atoms with Gasteiger partial charge >= 0.3 is 17.4 Å². The van der Waals surface area contributed by atoms with E-state index in [4.69, 9.17) is 10.5 Å². The van der Waals surface area contributed by atoms with E-state index in [0.717, 1.165) is 0 Å². The third-order valence-corrected chi connectivity index (χ3v) is 3.81. The summed E-state index contributed by atoms with van der Waals surface area (Å²) in [5.74, 6) is -1.58. The summed E-state index contributed by atoms with van der Waals surface area (Å²) in [5.41, 5.74) is -0.468. The number of esters is 1. The van der Waals surface area contributed by atoms with Crippen molar-refractivity contribution in [2.75, 3.05) is 6.61 Å². The number of hydrogen-bond donors (Lipinski definition) is 3. The van der Waals surface area contributed by atoms with Crippen molar-refractivity contribution in [1.82, 2.24) is 19.9 Å². The quantitative estimate of drug-likeness (QED) is 0.353. The van der Waals surface area contributed by atoms with Crippen molar-refractivity contribution >= 4 is 28.0 Å². The second kappa shape index (κ2) is 11.9. The van der Waals surface area contributed by atoms with Crippen LogP contribution < -0.4 is 16.9 Å². The second-order valence-corrected chi connectivity index (χ2v) is 6.03. The molecule has 3 N–H and O–H groups in total. The van der Waals surface area contributed by atoms with Gasteiger partial charge in [-0.05, 0) is 31.2 Å². The average Bonchev–Trinajstić information content (AvgIpc) is 2.80. The highest BCUT2D eigenvalue weighted by Gasteiger charge is 2.11. The molecule has 0 unspecified atom stereocenters. The summed E-state index contributed by atoms with van der Waals surface area (Å²) in [5, 5.41) is 26.0. The number of carbonyl (C=O) groups is 1. The number of hydrogen-bond acceptors (Lipinski definition) is 11. The van der Waals surface area contributed by atoms with E-state index in [0.29, 0.717) is 17.6 Å². The Bertz CT molecular complexity index is 1570. The minimum atomic E-state index is -0.763. The maximum absolute atomic E-state index is 11.2. The third kappa shape index (κ3) is 6.35. The van der Waals surface area contributed by atoms with Crippen molar-refractivity contribution in [2.24, 2.45) is 0 Å². The van der Waals surface area contributed by atoms with Crippen LogP contribution in [0.2, 0.25) is 0 Å². The van der Waals surface area contributed by atoms with E-state index in [1.165, 1.54) is 12.4 Å². The minimum Gasteiger partial charge on any atom is -0.504 e. The Hall–Kier alpha value is -5.30. The largest absolute Gasteiger partial charge is 0.504 e. The number of aromatic nitrogens is 4. The van der Waals surface area contributed by atoms with Crippen molar-refractivity contribution in [3.63, 3.8) is 0 Å². The van der Waals surface area contributed by atoms with E-state index >= 15 is 0 Å². The summed E-state index contributed by atoms with van der Waals surface area (Å²) in [7, 11) is 0. The topological polar surface area (TPSA) is 216 Å². The fraction of sp³-hybridized carbons (Fsp3) is 0.143. The first kappa shape index (κ1) is 25.0. The molecule has 13 heteroatoms. The Kier molecular flexibility index (Phi) is 8.75. The number of aromatic amines is 2. The normalized spacial score (nSPS) is 9.50. The van der Waals surface area contributed by atoms with Crippen LogP contribution in [-0.4, -0.2) is 37.6 Å². The first-order chi connectivity index (χ1) is 16.3. The van der Waals surface area contributed by atoms with Crippen molar-refractivity contribution in [3.8, 4) is 17.9 Å². The van der Waals surface area contributed by atoms with Crippen molar-refractivity contribution in [2.45, 2.75) is 13.3 Å². The van der Waals surface area contributed by atoms with Gasteiger partial charge in [-0.2, -0.15) is 10.5 Å². The number of pyridine rings is 3. The van der Waals surface area contributed by atoms with Gasteiger partial charge in [0, 0.05) is 12.4 Å². The molecule has 0 aliphatic heterocycles. The van der Waals surface area contributed by atoms with Crippen LogP contribution >= 0.6 is 0 Å². The van der Waals surface area contributed by atoms with E-state index in [1.807, 2.05) is 0 Å². The Balaban J connectivity index is 0.000000188. The Labute approximate surface area is 189 Å². The van der Waals surface area contributed by atoms with Gasteiger partial charge in [0.15, 0.2) is 16.8 Å². The molecule has 4 aromatic rings. The van der Waals surface area contributed by atoms with Gasteiger partial charge in [-0.3, -0.25) is 19.6 Å². The lowest BCUT2D eigenvalue weighted by atomic mass is 10.2. The zero-order chi connectivity index (χ0) is 25.1. The summed E-state index contributed by atoms with van der Waals surface area (Å²) in [6, 6.07) is 9.74. The molecule has 0 aliphatic carbocycles. The molecular formula is C21H16N6O7. The summed E-state index contributed by atoms with van der Waals surface area (Å²) in [6.07, 6.45) is 2.78. The molecule has 13 nitrogen and oxygen atoms in total. The van der Waals surface area contributed by atoms with Gasteiger partial charge < -0.3 is 19.2 Å². The Morgan fingerprint density at radius 1 is 1.09 bits per heavy atom. The maximum atomic E-state index is 11.2. The molecule has 0 radical (unpaired) electrons. The van der Waals surface area contributed by atoms with Crippen LogP contribution in [0.5, 0.6) is 5.75 Å². The number of nitrogens with one attached hydrogen (secondary N) is 2. The van der Waals surface area contributed by atoms with Gasteiger partial charge in [0.2, 0.25) is 0 Å². The molecule has 4 aromatic heterocycles. The highest BCUT2D eigenvalue weighted by Crippen LogP contribution is 2.20. The summed E-state index contributed by atoms with van der Waals surface area (Å²) in [4.78, 5) is 55.4. The molecule has 0 amide bonds. The van der Waals surface area contributed by atoms with Gasteiger partial charge in [0.05, 0.1) is 23.7 Å². The first-order valence-corrected chi connectivity index (χ1v) is 9.43. The predicted molar refractivity (Wildman–Crippen MR) is 117 cm³/mol. The number of ether oxygens (including phenoxy) is 1. The summed E-state index contributed by atoms with van der Waals surface area (Å²) >= 11 is 0. The molecule has 34 heavy (non-hydrogen) atoms. The number of nitrogens with zero attached hydrogens (tertiary/aromatic N) is 4. The first-order valence-electron chi connectivity index (χ1n) is 9.43. The van der Waals surface area contributed by atoms with Crippen LogP contribution in [-0.2, 0) is 9.53 Å². The van der Waals surface area contributed by atoms with Crippen LogP contribution in [0.3, 0.4) is 0 Å². The Morgan fingerprint density at radius 3 is 2.29 bits per heavy atom. The molecule has 0 atom stereocenters. The van der Waals surface area contributed by atoms with Crippen LogP contribution in [0.4, 0.5) is 0 Å². The van der Waals surface area contributed by atoms with E-state index in [-0.39, 0.29) is 28.8 Å². The van der Waals surface area contributed by atoms with E-state index in [9.17, 15) is 24.3 Å². The fourth-order valence-electron chi connectivity index (χ4n) is 2.42. The highest BCUT2D eigenvalue weighted by atomic mass is 16.5. The third-order valence-electron chi connectivity index (χ3n) is 3.81. The lowest BCUT2D eigenvalue weighted by molar-refractivity contribution is -0.141. The summed E-state index contributed by atoms with van der Waals surface area (Å²) < 4.78 is 8.68. The number of aromatic hydroxyl groups is 1. The SMILES string of the molecule is CCOC(=O)CC#N.N#Cc1c(O)c2ncccc2[nH]c1=O.O=c1[nH]c2cccnc2c(=O)o1. The monoisotopic (exact) mass is 464 g/mol. The second-order valence-electron chi connectivity index (χ2n) is 6.03. The zero-order valence-electron chi connectivity index (χ0n) is 17.6. The van der Waals surface area contributed by atoms with Crippen LogP contribution in [0.1, 0.15) is 18.9 Å². The molecule has 4 rings (SSSR count). The van der Waals surface area contributed by atoms with Gasteiger partial charge in [0.25, 0.3) is 5.56 Å². The minimum absolute atomic E-state index is 0.136. The lowest BCUT2D eigenvalue weighted by Gasteiger charge is -1.99. The fourth-order valence-corrected chi connectivity index (χ4v) is 2.42. The molecule has 4 heterocycles. The number of carbonyl (C=O) groups excluding carboxylic acids is 1. The molecular weight excluding hydrogens is 448 g/mol. The van der Waals surface area contributed by atoms with Crippen molar-refractivity contribution in [3.05, 3.63) is 73.5 Å². The number of H-pyrrole nitrogens is 2. The molecule has 0 bridgehead atoms. The molecule has 0 saturated heterocycles. The van der Waals surface area contributed by atoms with Gasteiger partial charge in [-0.1, -0.05) is 0 Å². The predicted octanol–water partition coefficient (Wildman–Crippen LogP) is 0.840. The summed E-state index contributed by atoms with van der Waals surface area (Å²) in [6.45, 7) is 2.05. The highest BCUT2D eigenvalue weighted by molar-refractivity contribution is 5.82. The van der Waals surface area contributed by atoms with E-state index < -0.39 is 22.9 Å². The molecule has 0 aliphatic rings. The van der Waals surface area contributed by atoms with Crippen molar-refractivity contribution in [1.29, 1.82) is 10.5 Å².